The number of carbonyl (C=O) groups excluding carboxylic acids is 2. The number of amides is 2. The van der Waals surface area contributed by atoms with E-state index < -0.39 is 0 Å². The molecule has 6 heteroatoms. The molecule has 0 saturated carbocycles. The lowest BCUT2D eigenvalue weighted by Crippen LogP contribution is -2.48. The molecule has 1 unspecified atom stereocenters. The summed E-state index contributed by atoms with van der Waals surface area (Å²) in [6, 6.07) is 22.1. The summed E-state index contributed by atoms with van der Waals surface area (Å²) < 4.78 is 1.40. The minimum atomic E-state index is -0.343. The molecule has 0 bridgehead atoms. The van der Waals surface area contributed by atoms with Crippen molar-refractivity contribution < 1.29 is 9.59 Å². The van der Waals surface area contributed by atoms with Gasteiger partial charge in [0.15, 0.2) is 0 Å². The van der Waals surface area contributed by atoms with Gasteiger partial charge < -0.3 is 14.8 Å². The van der Waals surface area contributed by atoms with Crippen molar-refractivity contribution in [3.05, 3.63) is 106 Å². The molecule has 2 atom stereocenters. The van der Waals surface area contributed by atoms with Crippen LogP contribution in [0.15, 0.2) is 77.7 Å². The molecule has 1 saturated heterocycles. The van der Waals surface area contributed by atoms with Gasteiger partial charge in [-0.1, -0.05) is 54.6 Å². The molecule has 2 heterocycles. The van der Waals surface area contributed by atoms with E-state index in [0.29, 0.717) is 31.8 Å². The largest absolute Gasteiger partial charge is 0.349 e. The van der Waals surface area contributed by atoms with Gasteiger partial charge in [-0.25, -0.2) is 0 Å². The zero-order valence-electron chi connectivity index (χ0n) is 20.0. The molecule has 1 N–H and O–H groups in total. The highest BCUT2D eigenvalue weighted by Crippen LogP contribution is 2.43. The van der Waals surface area contributed by atoms with Gasteiger partial charge in [-0.15, -0.1) is 0 Å². The first kappa shape index (κ1) is 23.1. The van der Waals surface area contributed by atoms with Crippen molar-refractivity contribution in [1.29, 1.82) is 0 Å². The Kier molecular flexibility index (Phi) is 6.53. The maximum absolute atomic E-state index is 13.6. The monoisotopic (exact) mass is 469 g/mol. The maximum Gasteiger partial charge on any atom is 0.263 e. The maximum atomic E-state index is 13.6. The van der Waals surface area contributed by atoms with Gasteiger partial charge in [-0.3, -0.25) is 14.4 Å². The molecule has 2 aromatic carbocycles. The number of hydrogen-bond donors (Lipinski definition) is 1. The number of aromatic nitrogens is 1. The standard InChI is InChI=1S/C29H31N3O3/c1-31-17-7-12-26(28(31)34)27(33)30-21-15-18-32(19-16-21)29(35)25-14-13-22(20-8-3-2-4-9-20)23-10-5-6-11-24(23)25/h2-12,17,21-22,25H,13-16,18-19H2,1H3,(H,30,33)/t22?,25-/m0/s1. The number of aryl methyl sites for hydroxylation is 1. The lowest BCUT2D eigenvalue weighted by molar-refractivity contribution is -0.134. The van der Waals surface area contributed by atoms with Crippen LogP contribution >= 0.6 is 0 Å². The summed E-state index contributed by atoms with van der Waals surface area (Å²) in [5, 5.41) is 2.99. The second kappa shape index (κ2) is 9.90. The number of hydrogen-bond acceptors (Lipinski definition) is 3. The smallest absolute Gasteiger partial charge is 0.263 e. The van der Waals surface area contributed by atoms with Crippen LogP contribution in [-0.2, 0) is 11.8 Å². The molecule has 1 fully saturated rings. The number of benzene rings is 2. The Hall–Kier alpha value is -3.67. The summed E-state index contributed by atoms with van der Waals surface area (Å²) in [6.45, 7) is 1.22. The van der Waals surface area contributed by atoms with Gasteiger partial charge in [0.05, 0.1) is 5.92 Å². The van der Waals surface area contributed by atoms with Crippen LogP contribution in [0.5, 0.6) is 0 Å². The first-order chi connectivity index (χ1) is 17.0. The molecule has 35 heavy (non-hydrogen) atoms. The van der Waals surface area contributed by atoms with Gasteiger partial charge in [0, 0.05) is 38.3 Å². The highest BCUT2D eigenvalue weighted by Gasteiger charge is 2.35. The number of fused-ring (bicyclic) bond motifs is 1. The van der Waals surface area contributed by atoms with Gasteiger partial charge in [0.2, 0.25) is 5.91 Å². The van der Waals surface area contributed by atoms with E-state index in [-0.39, 0.29) is 34.9 Å². The normalized spacial score (nSPS) is 20.2. The Morgan fingerprint density at radius 1 is 0.829 bits per heavy atom. The average Bonchev–Trinajstić information content (AvgIpc) is 2.90. The molecular formula is C29H31N3O3. The SMILES string of the molecule is Cn1cccc(C(=O)NC2CCN(C(=O)[C@H]3CCC(c4ccccc4)c4ccccc43)CC2)c1=O. The fourth-order valence-corrected chi connectivity index (χ4v) is 5.58. The predicted molar refractivity (Wildman–Crippen MR) is 135 cm³/mol. The molecule has 0 spiro atoms. The van der Waals surface area contributed by atoms with Gasteiger partial charge in [0.25, 0.3) is 11.5 Å². The van der Waals surface area contributed by atoms with E-state index in [9.17, 15) is 14.4 Å². The molecule has 5 rings (SSSR count). The van der Waals surface area contributed by atoms with Crippen LogP contribution in [0.3, 0.4) is 0 Å². The molecule has 2 aliphatic rings. The second-order valence-electron chi connectivity index (χ2n) is 9.63. The van der Waals surface area contributed by atoms with Gasteiger partial charge >= 0.3 is 0 Å². The summed E-state index contributed by atoms with van der Waals surface area (Å²) in [6.07, 6.45) is 4.80. The summed E-state index contributed by atoms with van der Waals surface area (Å²) in [7, 11) is 1.63. The summed E-state index contributed by atoms with van der Waals surface area (Å²) in [5.74, 6) is 0.0440. The van der Waals surface area contributed by atoms with Crippen molar-refractivity contribution in [1.82, 2.24) is 14.8 Å². The average molecular weight is 470 g/mol. The molecule has 2 amide bonds. The lowest BCUT2D eigenvalue weighted by atomic mass is 9.73. The lowest BCUT2D eigenvalue weighted by Gasteiger charge is -2.37. The van der Waals surface area contributed by atoms with E-state index in [1.807, 2.05) is 17.0 Å². The van der Waals surface area contributed by atoms with E-state index in [0.717, 1.165) is 18.4 Å². The molecular weight excluding hydrogens is 438 g/mol. The van der Waals surface area contributed by atoms with Crippen LogP contribution in [0.2, 0.25) is 0 Å². The number of carbonyl (C=O) groups is 2. The minimum Gasteiger partial charge on any atom is -0.349 e. The molecule has 1 aliphatic heterocycles. The first-order valence-corrected chi connectivity index (χ1v) is 12.4. The van der Waals surface area contributed by atoms with Gasteiger partial charge in [-0.2, -0.15) is 0 Å². The molecule has 0 radical (unpaired) electrons. The van der Waals surface area contributed by atoms with E-state index in [2.05, 4.69) is 47.8 Å². The van der Waals surface area contributed by atoms with Crippen molar-refractivity contribution in [2.45, 2.75) is 43.6 Å². The summed E-state index contributed by atoms with van der Waals surface area (Å²) in [5.41, 5.74) is 3.56. The molecule has 6 nitrogen and oxygen atoms in total. The van der Waals surface area contributed by atoms with Crippen LogP contribution < -0.4 is 10.9 Å². The van der Waals surface area contributed by atoms with Crippen LogP contribution in [0, 0.1) is 0 Å². The number of likely N-dealkylation sites (tertiary alicyclic amines) is 1. The summed E-state index contributed by atoms with van der Waals surface area (Å²) >= 11 is 0. The predicted octanol–water partition coefficient (Wildman–Crippen LogP) is 3.82. The summed E-state index contributed by atoms with van der Waals surface area (Å²) in [4.78, 5) is 40.4. The Morgan fingerprint density at radius 3 is 2.26 bits per heavy atom. The first-order valence-electron chi connectivity index (χ1n) is 12.4. The molecule has 1 aromatic heterocycles. The van der Waals surface area contributed by atoms with Crippen LogP contribution in [0.25, 0.3) is 0 Å². The Bertz CT molecular complexity index is 1280. The number of piperidine rings is 1. The highest BCUT2D eigenvalue weighted by atomic mass is 16.2. The van der Waals surface area contributed by atoms with E-state index >= 15 is 0 Å². The van der Waals surface area contributed by atoms with E-state index in [1.54, 1.807) is 25.4 Å². The van der Waals surface area contributed by atoms with Crippen LogP contribution in [-0.4, -0.2) is 40.4 Å². The Labute approximate surface area is 205 Å². The number of nitrogens with one attached hydrogen (secondary N) is 1. The third-order valence-corrected chi connectivity index (χ3v) is 7.50. The van der Waals surface area contributed by atoms with Gasteiger partial charge in [0.1, 0.15) is 5.56 Å². The topological polar surface area (TPSA) is 71.4 Å². The molecule has 3 aromatic rings. The van der Waals surface area contributed by atoms with Crippen LogP contribution in [0.1, 0.15) is 64.6 Å². The number of nitrogens with zero attached hydrogens (tertiary/aromatic N) is 2. The fraction of sp³-hybridized carbons (Fsp3) is 0.345. The Balaban J connectivity index is 1.24. The quantitative estimate of drug-likeness (QED) is 0.632. The van der Waals surface area contributed by atoms with Crippen molar-refractivity contribution >= 4 is 11.8 Å². The van der Waals surface area contributed by atoms with Crippen LogP contribution in [0.4, 0.5) is 0 Å². The van der Waals surface area contributed by atoms with Crippen molar-refractivity contribution in [3.8, 4) is 0 Å². The molecule has 1 aliphatic carbocycles. The molecule has 180 valence electrons. The third kappa shape index (κ3) is 4.65. The second-order valence-corrected chi connectivity index (χ2v) is 9.63. The zero-order chi connectivity index (χ0) is 24.4. The van der Waals surface area contributed by atoms with Crippen molar-refractivity contribution in [3.63, 3.8) is 0 Å². The zero-order valence-corrected chi connectivity index (χ0v) is 20.0. The number of rotatable bonds is 4. The fourth-order valence-electron chi connectivity index (χ4n) is 5.58. The van der Waals surface area contributed by atoms with E-state index in [1.165, 1.54) is 15.7 Å². The highest BCUT2D eigenvalue weighted by molar-refractivity contribution is 5.94. The minimum absolute atomic E-state index is 0.0439. The number of pyridine rings is 1. The Morgan fingerprint density at radius 2 is 1.51 bits per heavy atom. The van der Waals surface area contributed by atoms with Gasteiger partial charge in [-0.05, 0) is 54.5 Å². The van der Waals surface area contributed by atoms with Crippen molar-refractivity contribution in [2.24, 2.45) is 7.05 Å². The van der Waals surface area contributed by atoms with E-state index in [4.69, 9.17) is 0 Å². The van der Waals surface area contributed by atoms with Crippen molar-refractivity contribution in [2.75, 3.05) is 13.1 Å². The third-order valence-electron chi connectivity index (χ3n) is 7.50.